The fourth-order valence-corrected chi connectivity index (χ4v) is 2.33. The molecule has 120 valence electrons. The van der Waals surface area contributed by atoms with Gasteiger partial charge in [-0.3, -0.25) is 0 Å². The number of benzene rings is 2. The first-order chi connectivity index (χ1) is 11.3. The standard InChI is InChI=1S/C22H26O/c1-3-5-6-7-19-8-10-20(11-9-19)12-13-21-14-16-22(17-15-21)23-18-4-2/h8-11,14-17H,3-7,18H2,1-2H3. The Bertz CT molecular complexity index is 626. The number of ether oxygens (including phenoxy) is 1. The van der Waals surface area contributed by atoms with Gasteiger partial charge in [-0.2, -0.15) is 0 Å². The van der Waals surface area contributed by atoms with E-state index in [4.69, 9.17) is 4.74 Å². The number of aryl methyl sites for hydroxylation is 1. The molecule has 0 aliphatic heterocycles. The normalized spacial score (nSPS) is 10.0. The maximum atomic E-state index is 5.58. The predicted octanol–water partition coefficient (Wildman–Crippen LogP) is 5.61. The van der Waals surface area contributed by atoms with Crippen LogP contribution in [0.15, 0.2) is 48.5 Å². The predicted molar refractivity (Wildman–Crippen MR) is 97.9 cm³/mol. The van der Waals surface area contributed by atoms with Crippen LogP contribution in [-0.2, 0) is 6.42 Å². The summed E-state index contributed by atoms with van der Waals surface area (Å²) in [6.07, 6.45) is 6.04. The summed E-state index contributed by atoms with van der Waals surface area (Å²) in [7, 11) is 0. The lowest BCUT2D eigenvalue weighted by Gasteiger charge is -2.03. The van der Waals surface area contributed by atoms with Gasteiger partial charge in [-0.15, -0.1) is 0 Å². The topological polar surface area (TPSA) is 9.23 Å². The molecule has 0 spiro atoms. The van der Waals surface area contributed by atoms with Crippen LogP contribution in [0.4, 0.5) is 0 Å². The van der Waals surface area contributed by atoms with Crippen LogP contribution in [0.3, 0.4) is 0 Å². The second kappa shape index (κ2) is 9.74. The van der Waals surface area contributed by atoms with E-state index in [-0.39, 0.29) is 0 Å². The van der Waals surface area contributed by atoms with Gasteiger partial charge in [0.25, 0.3) is 0 Å². The molecule has 0 bridgehead atoms. The molecule has 23 heavy (non-hydrogen) atoms. The summed E-state index contributed by atoms with van der Waals surface area (Å²) in [5, 5.41) is 0. The molecule has 0 atom stereocenters. The smallest absolute Gasteiger partial charge is 0.119 e. The second-order valence-electron chi connectivity index (χ2n) is 5.78. The molecule has 0 aliphatic carbocycles. The van der Waals surface area contributed by atoms with Gasteiger partial charge in [0.2, 0.25) is 0 Å². The maximum Gasteiger partial charge on any atom is 0.119 e. The third kappa shape index (κ3) is 6.20. The fourth-order valence-electron chi connectivity index (χ4n) is 2.33. The molecule has 2 aromatic rings. The zero-order chi connectivity index (χ0) is 16.3. The molecule has 0 unspecified atom stereocenters. The Balaban J connectivity index is 1.93. The van der Waals surface area contributed by atoms with Crippen LogP contribution in [-0.4, -0.2) is 6.61 Å². The molecule has 0 saturated carbocycles. The van der Waals surface area contributed by atoms with Crippen molar-refractivity contribution in [2.24, 2.45) is 0 Å². The number of unbranched alkanes of at least 4 members (excludes halogenated alkanes) is 2. The molecule has 0 fully saturated rings. The lowest BCUT2D eigenvalue weighted by Crippen LogP contribution is -1.94. The van der Waals surface area contributed by atoms with Crippen LogP contribution < -0.4 is 4.74 Å². The zero-order valence-electron chi connectivity index (χ0n) is 14.3. The summed E-state index contributed by atoms with van der Waals surface area (Å²) >= 11 is 0. The summed E-state index contributed by atoms with van der Waals surface area (Å²) in [5.41, 5.74) is 3.48. The maximum absolute atomic E-state index is 5.58. The Kier molecular flexibility index (Phi) is 7.27. The van der Waals surface area contributed by atoms with Crippen LogP contribution in [0.1, 0.15) is 56.2 Å². The van der Waals surface area contributed by atoms with Gasteiger partial charge in [0.15, 0.2) is 0 Å². The Morgan fingerprint density at radius 2 is 1.35 bits per heavy atom. The average molecular weight is 306 g/mol. The lowest BCUT2D eigenvalue weighted by molar-refractivity contribution is 0.317. The average Bonchev–Trinajstić information content (AvgIpc) is 2.60. The molecule has 1 heteroatoms. The van der Waals surface area contributed by atoms with Crippen LogP contribution in [0, 0.1) is 11.8 Å². The summed E-state index contributed by atoms with van der Waals surface area (Å²) in [4.78, 5) is 0. The van der Waals surface area contributed by atoms with Crippen LogP contribution >= 0.6 is 0 Å². The Hall–Kier alpha value is -2.20. The molecule has 0 heterocycles. The quantitative estimate of drug-likeness (QED) is 0.477. The van der Waals surface area contributed by atoms with Gasteiger partial charge in [0.1, 0.15) is 5.75 Å². The number of hydrogen-bond acceptors (Lipinski definition) is 1. The lowest BCUT2D eigenvalue weighted by atomic mass is 10.1. The van der Waals surface area contributed by atoms with Crippen molar-refractivity contribution in [2.45, 2.75) is 46.0 Å². The van der Waals surface area contributed by atoms with Crippen LogP contribution in [0.25, 0.3) is 0 Å². The molecule has 0 aliphatic rings. The van der Waals surface area contributed by atoms with Crippen molar-refractivity contribution in [2.75, 3.05) is 6.61 Å². The highest BCUT2D eigenvalue weighted by molar-refractivity contribution is 5.44. The molecule has 0 amide bonds. The first kappa shape index (κ1) is 17.2. The van der Waals surface area contributed by atoms with E-state index in [1.165, 1.54) is 31.2 Å². The van der Waals surface area contributed by atoms with Gasteiger partial charge in [0.05, 0.1) is 6.61 Å². The molecule has 0 N–H and O–H groups in total. The van der Waals surface area contributed by atoms with E-state index < -0.39 is 0 Å². The molecular weight excluding hydrogens is 280 g/mol. The Morgan fingerprint density at radius 3 is 1.91 bits per heavy atom. The van der Waals surface area contributed by atoms with E-state index in [9.17, 15) is 0 Å². The second-order valence-corrected chi connectivity index (χ2v) is 5.78. The van der Waals surface area contributed by atoms with Gasteiger partial charge >= 0.3 is 0 Å². The van der Waals surface area contributed by atoms with Crippen molar-refractivity contribution < 1.29 is 4.74 Å². The molecular formula is C22H26O. The minimum absolute atomic E-state index is 0.760. The monoisotopic (exact) mass is 306 g/mol. The third-order valence-electron chi connectivity index (χ3n) is 3.70. The van der Waals surface area contributed by atoms with E-state index in [0.29, 0.717) is 0 Å². The van der Waals surface area contributed by atoms with Crippen molar-refractivity contribution in [3.8, 4) is 17.6 Å². The molecule has 2 aromatic carbocycles. The summed E-state index contributed by atoms with van der Waals surface area (Å²) in [5.74, 6) is 7.35. The molecule has 2 rings (SSSR count). The van der Waals surface area contributed by atoms with Gasteiger partial charge in [-0.05, 0) is 61.2 Å². The van der Waals surface area contributed by atoms with E-state index in [0.717, 1.165) is 29.9 Å². The highest BCUT2D eigenvalue weighted by Crippen LogP contribution is 2.12. The largest absolute Gasteiger partial charge is 0.494 e. The first-order valence-electron chi connectivity index (χ1n) is 8.65. The zero-order valence-corrected chi connectivity index (χ0v) is 14.3. The molecule has 1 nitrogen and oxygen atoms in total. The Morgan fingerprint density at radius 1 is 0.739 bits per heavy atom. The van der Waals surface area contributed by atoms with E-state index in [2.05, 4.69) is 50.0 Å². The van der Waals surface area contributed by atoms with Crippen molar-refractivity contribution in [1.82, 2.24) is 0 Å². The highest BCUT2D eigenvalue weighted by Gasteiger charge is 1.94. The molecule has 0 radical (unpaired) electrons. The van der Waals surface area contributed by atoms with Crippen molar-refractivity contribution in [3.05, 3.63) is 65.2 Å². The van der Waals surface area contributed by atoms with Gasteiger partial charge < -0.3 is 4.74 Å². The fraction of sp³-hybridized carbons (Fsp3) is 0.364. The van der Waals surface area contributed by atoms with E-state index >= 15 is 0 Å². The van der Waals surface area contributed by atoms with E-state index in [1.54, 1.807) is 0 Å². The minimum Gasteiger partial charge on any atom is -0.494 e. The van der Waals surface area contributed by atoms with Crippen LogP contribution in [0.5, 0.6) is 5.75 Å². The molecule has 0 saturated heterocycles. The van der Waals surface area contributed by atoms with Gasteiger partial charge in [-0.25, -0.2) is 0 Å². The SMILES string of the molecule is CCCCCc1ccc(C#Cc2ccc(OCCC)cc2)cc1. The van der Waals surface area contributed by atoms with Crippen LogP contribution in [0.2, 0.25) is 0 Å². The van der Waals surface area contributed by atoms with Gasteiger partial charge in [-0.1, -0.05) is 50.7 Å². The van der Waals surface area contributed by atoms with E-state index in [1.807, 2.05) is 24.3 Å². The highest BCUT2D eigenvalue weighted by atomic mass is 16.5. The summed E-state index contributed by atoms with van der Waals surface area (Å²) < 4.78 is 5.58. The summed E-state index contributed by atoms with van der Waals surface area (Å²) in [6.45, 7) is 5.10. The van der Waals surface area contributed by atoms with Crippen molar-refractivity contribution in [3.63, 3.8) is 0 Å². The number of hydrogen-bond donors (Lipinski definition) is 0. The van der Waals surface area contributed by atoms with Gasteiger partial charge in [0, 0.05) is 11.1 Å². The minimum atomic E-state index is 0.760. The Labute approximate surface area is 140 Å². The van der Waals surface area contributed by atoms with Crippen molar-refractivity contribution in [1.29, 1.82) is 0 Å². The number of rotatable bonds is 7. The first-order valence-corrected chi connectivity index (χ1v) is 8.65. The third-order valence-corrected chi connectivity index (χ3v) is 3.70. The van der Waals surface area contributed by atoms with Crippen molar-refractivity contribution >= 4 is 0 Å². The molecule has 0 aromatic heterocycles. The summed E-state index contributed by atoms with van der Waals surface area (Å²) in [6, 6.07) is 16.6.